The second-order valence-electron chi connectivity index (χ2n) is 4.34. The average molecular weight is 313 g/mol. The Balaban J connectivity index is 3.01. The summed E-state index contributed by atoms with van der Waals surface area (Å²) in [4.78, 5) is 10.2. The molecule has 0 spiro atoms. The highest BCUT2D eigenvalue weighted by Gasteiger charge is 2.22. The van der Waals surface area contributed by atoms with Gasteiger partial charge in [0.2, 0.25) is 15.9 Å². The van der Waals surface area contributed by atoms with E-state index in [1.54, 1.807) is 0 Å². The molecule has 0 aromatic heterocycles. The van der Waals surface area contributed by atoms with Gasteiger partial charge in [-0.05, 0) is 25.1 Å². The largest absolute Gasteiger partial charge is 0.370 e. The van der Waals surface area contributed by atoms with Crippen LogP contribution in [0.5, 0.6) is 0 Å². The molecule has 21 heavy (non-hydrogen) atoms. The summed E-state index contributed by atoms with van der Waals surface area (Å²) in [5.41, 5.74) is 10.5. The van der Waals surface area contributed by atoms with Crippen molar-refractivity contribution in [2.45, 2.75) is 24.3 Å². The van der Waals surface area contributed by atoms with Crippen molar-refractivity contribution in [1.29, 1.82) is 0 Å². The first-order valence-corrected chi connectivity index (χ1v) is 7.53. The van der Waals surface area contributed by atoms with Crippen molar-refractivity contribution >= 4 is 15.9 Å². The van der Waals surface area contributed by atoms with Crippen LogP contribution in [0.1, 0.15) is 18.9 Å². The molecule has 1 unspecified atom stereocenters. The molecule has 0 bridgehead atoms. The zero-order valence-corrected chi connectivity index (χ0v) is 12.2. The number of carbonyl (C=O) groups excluding carboxylic acids is 1. The van der Waals surface area contributed by atoms with Crippen molar-refractivity contribution in [3.8, 4) is 11.8 Å². The summed E-state index contributed by atoms with van der Waals surface area (Å²) >= 11 is 0. The molecule has 0 aliphatic rings. The quantitative estimate of drug-likeness (QED) is 0.646. The van der Waals surface area contributed by atoms with Gasteiger partial charge in [0.15, 0.2) is 0 Å². The molecule has 0 aliphatic carbocycles. The minimum absolute atomic E-state index is 0.119. The maximum Gasteiger partial charge on any atom is 0.243 e. The van der Waals surface area contributed by atoms with E-state index in [-0.39, 0.29) is 13.0 Å². The van der Waals surface area contributed by atoms with Gasteiger partial charge < -0.3 is 11.5 Å². The summed E-state index contributed by atoms with van der Waals surface area (Å²) in [5, 5.41) is 0. The van der Waals surface area contributed by atoms with Crippen LogP contribution in [0.2, 0.25) is 0 Å². The molecule has 1 atom stereocenters. The normalized spacial score (nSPS) is 12.3. The minimum atomic E-state index is -4.08. The first kappa shape index (κ1) is 17.1. The molecule has 0 saturated heterocycles. The Hall–Kier alpha value is -1.95. The van der Waals surface area contributed by atoms with Gasteiger partial charge in [-0.2, -0.15) is 0 Å². The Labute approximate surface area is 122 Å². The van der Waals surface area contributed by atoms with Gasteiger partial charge in [0, 0.05) is 18.0 Å². The number of benzene rings is 1. The van der Waals surface area contributed by atoms with Crippen LogP contribution >= 0.6 is 0 Å². The van der Waals surface area contributed by atoms with Crippen LogP contribution < -0.4 is 16.2 Å². The summed E-state index contributed by atoms with van der Waals surface area (Å²) < 4.78 is 40.1. The van der Waals surface area contributed by atoms with Crippen LogP contribution in [0, 0.1) is 17.7 Å². The van der Waals surface area contributed by atoms with Crippen LogP contribution in [-0.4, -0.2) is 26.9 Å². The van der Waals surface area contributed by atoms with Crippen molar-refractivity contribution in [2.24, 2.45) is 11.5 Å². The Kier molecular flexibility index (Phi) is 5.84. The van der Waals surface area contributed by atoms with E-state index in [1.165, 1.54) is 13.0 Å². The molecule has 1 amide bonds. The number of hydrogen-bond acceptors (Lipinski definition) is 4. The second-order valence-corrected chi connectivity index (χ2v) is 6.03. The lowest BCUT2D eigenvalue weighted by atomic mass is 10.2. The highest BCUT2D eigenvalue weighted by molar-refractivity contribution is 7.89. The highest BCUT2D eigenvalue weighted by Crippen LogP contribution is 2.16. The highest BCUT2D eigenvalue weighted by atomic mass is 32.2. The summed E-state index contributed by atoms with van der Waals surface area (Å²) in [5.74, 6) is 3.55. The predicted octanol–water partition coefficient (Wildman–Crippen LogP) is -0.322. The van der Waals surface area contributed by atoms with Crippen molar-refractivity contribution in [1.82, 2.24) is 4.72 Å². The number of nitrogens with two attached hydrogens (primary N) is 2. The Morgan fingerprint density at radius 1 is 1.48 bits per heavy atom. The van der Waals surface area contributed by atoms with Crippen molar-refractivity contribution in [3.63, 3.8) is 0 Å². The van der Waals surface area contributed by atoms with E-state index in [0.29, 0.717) is 5.56 Å². The van der Waals surface area contributed by atoms with Gasteiger partial charge >= 0.3 is 0 Å². The fraction of sp³-hybridized carbons (Fsp3) is 0.308. The topological polar surface area (TPSA) is 115 Å². The van der Waals surface area contributed by atoms with Gasteiger partial charge in [-0.25, -0.2) is 17.5 Å². The zero-order valence-electron chi connectivity index (χ0n) is 11.4. The molecule has 0 saturated carbocycles. The van der Waals surface area contributed by atoms with E-state index < -0.39 is 32.7 Å². The van der Waals surface area contributed by atoms with E-state index in [9.17, 15) is 17.6 Å². The van der Waals surface area contributed by atoms with Gasteiger partial charge in [-0.1, -0.05) is 11.8 Å². The Morgan fingerprint density at radius 3 is 2.67 bits per heavy atom. The van der Waals surface area contributed by atoms with E-state index in [1.807, 2.05) is 0 Å². The van der Waals surface area contributed by atoms with E-state index in [2.05, 4.69) is 16.6 Å². The number of sulfonamides is 1. The van der Waals surface area contributed by atoms with Gasteiger partial charge in [-0.3, -0.25) is 4.79 Å². The lowest BCUT2D eigenvalue weighted by Gasteiger charge is -2.13. The third-order valence-corrected chi connectivity index (χ3v) is 4.04. The molecule has 0 radical (unpaired) electrons. The first-order chi connectivity index (χ1) is 9.76. The van der Waals surface area contributed by atoms with Crippen molar-refractivity contribution in [2.75, 3.05) is 6.54 Å². The molecule has 1 aromatic carbocycles. The molecule has 0 heterocycles. The SMILES string of the molecule is CC(CC(N)=O)NS(=O)(=O)c1ccc(C#CCN)cc1F. The summed E-state index contributed by atoms with van der Waals surface area (Å²) in [6.45, 7) is 1.58. The maximum absolute atomic E-state index is 13.9. The van der Waals surface area contributed by atoms with E-state index in [4.69, 9.17) is 11.5 Å². The fourth-order valence-corrected chi connectivity index (χ4v) is 2.92. The lowest BCUT2D eigenvalue weighted by molar-refractivity contribution is -0.118. The zero-order chi connectivity index (χ0) is 16.0. The van der Waals surface area contributed by atoms with Crippen LogP contribution in [0.25, 0.3) is 0 Å². The predicted molar refractivity (Wildman–Crippen MR) is 75.9 cm³/mol. The smallest absolute Gasteiger partial charge is 0.243 e. The molecule has 5 N–H and O–H groups in total. The number of carbonyl (C=O) groups is 1. The summed E-state index contributed by atoms with van der Waals surface area (Å²) in [6.07, 6.45) is -0.180. The molecular formula is C13H16FN3O3S. The molecule has 8 heteroatoms. The van der Waals surface area contributed by atoms with E-state index in [0.717, 1.165) is 12.1 Å². The number of hydrogen-bond donors (Lipinski definition) is 3. The molecule has 0 fully saturated rings. The van der Waals surface area contributed by atoms with Crippen LogP contribution in [0.3, 0.4) is 0 Å². The molecule has 0 aliphatic heterocycles. The van der Waals surface area contributed by atoms with Crippen molar-refractivity contribution in [3.05, 3.63) is 29.6 Å². The van der Waals surface area contributed by atoms with Gasteiger partial charge in [0.1, 0.15) is 10.7 Å². The molecule has 114 valence electrons. The van der Waals surface area contributed by atoms with Gasteiger partial charge in [-0.15, -0.1) is 0 Å². The van der Waals surface area contributed by atoms with Gasteiger partial charge in [0.25, 0.3) is 0 Å². The van der Waals surface area contributed by atoms with E-state index >= 15 is 0 Å². The fourth-order valence-electron chi connectivity index (χ4n) is 1.62. The number of halogens is 1. The second kappa shape index (κ2) is 7.17. The third kappa shape index (κ3) is 5.15. The number of nitrogens with one attached hydrogen (secondary N) is 1. The summed E-state index contributed by atoms with van der Waals surface area (Å²) in [7, 11) is -4.08. The van der Waals surface area contributed by atoms with Crippen LogP contribution in [0.15, 0.2) is 23.1 Å². The number of amides is 1. The molecule has 6 nitrogen and oxygen atoms in total. The summed E-state index contributed by atoms with van der Waals surface area (Å²) in [6, 6.07) is 2.76. The molecule has 1 aromatic rings. The Bertz CT molecular complexity index is 692. The standard InChI is InChI=1S/C13H16FN3O3S/c1-9(7-13(16)18)17-21(19,20)12-5-4-10(3-2-6-15)8-11(12)14/h4-5,8-9,17H,6-7,15H2,1H3,(H2,16,18). The van der Waals surface area contributed by atoms with Crippen molar-refractivity contribution < 1.29 is 17.6 Å². The monoisotopic (exact) mass is 313 g/mol. The van der Waals surface area contributed by atoms with Crippen LogP contribution in [-0.2, 0) is 14.8 Å². The molecule has 1 rings (SSSR count). The Morgan fingerprint density at radius 2 is 2.14 bits per heavy atom. The first-order valence-electron chi connectivity index (χ1n) is 6.05. The minimum Gasteiger partial charge on any atom is -0.370 e. The number of primary amides is 1. The lowest BCUT2D eigenvalue weighted by Crippen LogP contribution is -2.36. The van der Waals surface area contributed by atoms with Gasteiger partial charge in [0.05, 0.1) is 6.54 Å². The average Bonchev–Trinajstić information content (AvgIpc) is 2.34. The third-order valence-electron chi connectivity index (χ3n) is 2.42. The van der Waals surface area contributed by atoms with Crippen LogP contribution in [0.4, 0.5) is 4.39 Å². The number of rotatable bonds is 5. The molecular weight excluding hydrogens is 297 g/mol. The maximum atomic E-state index is 13.9.